The van der Waals surface area contributed by atoms with E-state index in [0.717, 1.165) is 12.8 Å². The highest BCUT2D eigenvalue weighted by Crippen LogP contribution is 2.19. The van der Waals surface area contributed by atoms with Gasteiger partial charge in [0, 0.05) is 6.42 Å². The summed E-state index contributed by atoms with van der Waals surface area (Å²) in [6, 6.07) is 6.69. The van der Waals surface area contributed by atoms with Gasteiger partial charge in [-0.05, 0) is 18.6 Å². The summed E-state index contributed by atoms with van der Waals surface area (Å²) in [5, 5.41) is 8.54. The number of Topliss-reactive ketones (excluding diaryl/α,β-unsaturated/α-hetero) is 1. The second kappa shape index (κ2) is 5.40. The van der Waals surface area contributed by atoms with Gasteiger partial charge in [-0.2, -0.15) is 0 Å². The molecule has 0 unspecified atom stereocenters. The molecular weight excluding hydrogens is 180 g/mol. The van der Waals surface area contributed by atoms with Gasteiger partial charge in [0.25, 0.3) is 0 Å². The molecule has 0 fully saturated rings. The number of carbonyl (C=O) groups excluding carboxylic acids is 1. The van der Waals surface area contributed by atoms with Crippen molar-refractivity contribution in [3.8, 4) is 5.75 Å². The molecule has 0 bridgehead atoms. The summed E-state index contributed by atoms with van der Waals surface area (Å²) in [7, 11) is 0. The van der Waals surface area contributed by atoms with Crippen molar-refractivity contribution in [2.24, 2.45) is 0 Å². The lowest BCUT2D eigenvalue weighted by Gasteiger charge is -2.04. The molecule has 0 aliphatic heterocycles. The fourth-order valence-corrected chi connectivity index (χ4v) is 1.25. The van der Waals surface area contributed by atoms with E-state index in [-0.39, 0.29) is 11.5 Å². The summed E-state index contributed by atoms with van der Waals surface area (Å²) < 4.78 is 0. The topological polar surface area (TPSA) is 46.5 Å². The maximum Gasteiger partial charge on any atom is 0.175 e. The Morgan fingerprint density at radius 2 is 2.14 bits per heavy atom. The summed E-state index contributed by atoms with van der Waals surface area (Å²) in [5.74, 6) is 0.241. The van der Waals surface area contributed by atoms with Crippen LogP contribution in [0.1, 0.15) is 36.5 Å². The Labute approximate surface area is 83.3 Å². The van der Waals surface area contributed by atoms with Gasteiger partial charge in [-0.3, -0.25) is 4.79 Å². The molecule has 3 heteroatoms. The zero-order valence-corrected chi connectivity index (χ0v) is 8.19. The smallest absolute Gasteiger partial charge is 0.175 e. The average molecular weight is 194 g/mol. The molecule has 0 saturated carbocycles. The summed E-state index contributed by atoms with van der Waals surface area (Å²) >= 11 is 0. The molecule has 0 atom stereocenters. The molecule has 3 nitrogen and oxygen atoms in total. The van der Waals surface area contributed by atoms with Crippen LogP contribution in [0.25, 0.3) is 0 Å². The minimum absolute atomic E-state index is 0.0106. The lowest BCUT2D eigenvalue weighted by atomic mass is 10.1. The average Bonchev–Trinajstić information content (AvgIpc) is 2.25. The highest BCUT2D eigenvalue weighted by atomic mass is 17.1. The Balaban J connectivity index is 2.78. The second-order valence-corrected chi connectivity index (χ2v) is 3.11. The van der Waals surface area contributed by atoms with Crippen LogP contribution < -0.4 is 4.89 Å². The van der Waals surface area contributed by atoms with Crippen molar-refractivity contribution in [1.29, 1.82) is 0 Å². The van der Waals surface area contributed by atoms with Gasteiger partial charge in [0.1, 0.15) is 0 Å². The number of benzene rings is 1. The zero-order valence-electron chi connectivity index (χ0n) is 8.19. The van der Waals surface area contributed by atoms with Crippen molar-refractivity contribution in [1.82, 2.24) is 0 Å². The van der Waals surface area contributed by atoms with Crippen LogP contribution in [-0.4, -0.2) is 11.0 Å². The third kappa shape index (κ3) is 2.57. The first kappa shape index (κ1) is 10.7. The van der Waals surface area contributed by atoms with Crippen LogP contribution >= 0.6 is 0 Å². The van der Waals surface area contributed by atoms with E-state index in [1.165, 1.54) is 0 Å². The normalized spacial score (nSPS) is 9.86. The molecule has 0 aliphatic carbocycles. The standard InChI is InChI=1S/C11H14O3/c1-2-3-7-10(12)9-6-4-5-8-11(9)14-13/h4-6,8,13H,2-3,7H2,1H3. The molecule has 1 N–H and O–H groups in total. The molecule has 1 aromatic carbocycles. The van der Waals surface area contributed by atoms with E-state index in [1.807, 2.05) is 6.92 Å². The van der Waals surface area contributed by atoms with Crippen molar-refractivity contribution in [2.75, 3.05) is 0 Å². The van der Waals surface area contributed by atoms with E-state index < -0.39 is 0 Å². The Morgan fingerprint density at radius 3 is 2.79 bits per heavy atom. The van der Waals surface area contributed by atoms with Crippen molar-refractivity contribution in [3.05, 3.63) is 29.8 Å². The Kier molecular flexibility index (Phi) is 4.13. The predicted molar refractivity (Wildman–Crippen MR) is 53.6 cm³/mol. The maximum absolute atomic E-state index is 11.6. The van der Waals surface area contributed by atoms with Crippen molar-refractivity contribution in [3.63, 3.8) is 0 Å². The van der Waals surface area contributed by atoms with E-state index in [1.54, 1.807) is 24.3 Å². The quantitative estimate of drug-likeness (QED) is 0.445. The molecule has 1 rings (SSSR count). The molecule has 76 valence electrons. The number of ketones is 1. The number of para-hydroxylation sites is 1. The van der Waals surface area contributed by atoms with E-state index in [2.05, 4.69) is 4.89 Å². The monoisotopic (exact) mass is 194 g/mol. The first-order valence-electron chi connectivity index (χ1n) is 4.73. The highest BCUT2D eigenvalue weighted by Gasteiger charge is 2.11. The van der Waals surface area contributed by atoms with Crippen LogP contribution in [0, 0.1) is 0 Å². The molecule has 0 spiro atoms. The number of hydrogen-bond acceptors (Lipinski definition) is 3. The molecule has 0 aromatic heterocycles. The molecule has 0 heterocycles. The van der Waals surface area contributed by atoms with E-state index in [0.29, 0.717) is 12.0 Å². The van der Waals surface area contributed by atoms with Crippen LogP contribution in [0.15, 0.2) is 24.3 Å². The summed E-state index contributed by atoms with van der Waals surface area (Å²) in [6.45, 7) is 2.03. The first-order chi connectivity index (χ1) is 6.79. The minimum atomic E-state index is 0.0106. The Morgan fingerprint density at radius 1 is 1.43 bits per heavy atom. The van der Waals surface area contributed by atoms with Crippen LogP contribution in [0.5, 0.6) is 5.75 Å². The van der Waals surface area contributed by atoms with Crippen LogP contribution in [0.3, 0.4) is 0 Å². The van der Waals surface area contributed by atoms with Crippen LogP contribution in [0.4, 0.5) is 0 Å². The predicted octanol–water partition coefficient (Wildman–Crippen LogP) is 2.91. The van der Waals surface area contributed by atoms with Crippen molar-refractivity contribution in [2.45, 2.75) is 26.2 Å². The van der Waals surface area contributed by atoms with Gasteiger partial charge in [0.05, 0.1) is 5.56 Å². The van der Waals surface area contributed by atoms with E-state index in [9.17, 15) is 4.79 Å². The number of rotatable bonds is 5. The van der Waals surface area contributed by atoms with Gasteiger partial charge in [-0.15, -0.1) is 0 Å². The van der Waals surface area contributed by atoms with Crippen molar-refractivity contribution < 1.29 is 14.9 Å². The third-order valence-electron chi connectivity index (χ3n) is 2.04. The van der Waals surface area contributed by atoms with E-state index >= 15 is 0 Å². The summed E-state index contributed by atoms with van der Waals surface area (Å²) in [5.41, 5.74) is 0.448. The molecule has 0 radical (unpaired) electrons. The molecule has 14 heavy (non-hydrogen) atoms. The minimum Gasteiger partial charge on any atom is -0.339 e. The Bertz CT molecular complexity index is 307. The van der Waals surface area contributed by atoms with Crippen LogP contribution in [-0.2, 0) is 0 Å². The summed E-state index contributed by atoms with van der Waals surface area (Å²) in [6.07, 6.45) is 2.34. The lowest BCUT2D eigenvalue weighted by molar-refractivity contribution is -0.137. The molecule has 0 amide bonds. The van der Waals surface area contributed by atoms with Gasteiger partial charge in [-0.25, -0.2) is 5.26 Å². The summed E-state index contributed by atoms with van der Waals surface area (Å²) in [4.78, 5) is 15.7. The van der Waals surface area contributed by atoms with E-state index in [4.69, 9.17) is 5.26 Å². The zero-order chi connectivity index (χ0) is 10.4. The van der Waals surface area contributed by atoms with Gasteiger partial charge >= 0.3 is 0 Å². The fraction of sp³-hybridized carbons (Fsp3) is 0.364. The molecule has 0 aliphatic rings. The molecule has 1 aromatic rings. The first-order valence-corrected chi connectivity index (χ1v) is 4.73. The SMILES string of the molecule is CCCCC(=O)c1ccccc1OO. The highest BCUT2D eigenvalue weighted by molar-refractivity contribution is 5.98. The van der Waals surface area contributed by atoms with Crippen molar-refractivity contribution >= 4 is 5.78 Å². The number of unbranched alkanes of at least 4 members (excludes halogenated alkanes) is 1. The van der Waals surface area contributed by atoms with Crippen LogP contribution in [0.2, 0.25) is 0 Å². The molecular formula is C11H14O3. The third-order valence-corrected chi connectivity index (χ3v) is 2.04. The van der Waals surface area contributed by atoms with Gasteiger partial charge in [0.15, 0.2) is 11.5 Å². The fourth-order valence-electron chi connectivity index (χ4n) is 1.25. The van der Waals surface area contributed by atoms with Gasteiger partial charge in [-0.1, -0.05) is 25.5 Å². The Hall–Kier alpha value is -1.35. The second-order valence-electron chi connectivity index (χ2n) is 3.11. The largest absolute Gasteiger partial charge is 0.339 e. The molecule has 0 saturated heterocycles. The van der Waals surface area contributed by atoms with Gasteiger partial charge < -0.3 is 4.89 Å². The van der Waals surface area contributed by atoms with Gasteiger partial charge in [0.2, 0.25) is 0 Å². The maximum atomic E-state index is 11.6. The number of hydrogen-bond donors (Lipinski definition) is 1. The lowest BCUT2D eigenvalue weighted by Crippen LogP contribution is -2.01. The number of carbonyl (C=O) groups is 1.